The van der Waals surface area contributed by atoms with Crippen LogP contribution in [-0.2, 0) is 6.54 Å². The van der Waals surface area contributed by atoms with Gasteiger partial charge in [0.05, 0.1) is 17.9 Å². The van der Waals surface area contributed by atoms with E-state index in [2.05, 4.69) is 27.4 Å². The van der Waals surface area contributed by atoms with Crippen molar-refractivity contribution in [2.24, 2.45) is 5.73 Å². The normalized spacial score (nSPS) is 12.9. The van der Waals surface area contributed by atoms with Gasteiger partial charge in [-0.15, -0.1) is 5.10 Å². The summed E-state index contributed by atoms with van der Waals surface area (Å²) in [6.07, 6.45) is 3.75. The highest BCUT2D eigenvalue weighted by molar-refractivity contribution is 5.00. The third-order valence-electron chi connectivity index (χ3n) is 2.40. The van der Waals surface area contributed by atoms with E-state index in [4.69, 9.17) is 10.3 Å². The van der Waals surface area contributed by atoms with Gasteiger partial charge in [-0.2, -0.15) is 4.98 Å². The molecule has 2 aromatic rings. The van der Waals surface area contributed by atoms with Crippen LogP contribution in [0.1, 0.15) is 43.2 Å². The highest BCUT2D eigenvalue weighted by Crippen LogP contribution is 2.12. The Hall–Kier alpha value is -1.76. The molecule has 7 heteroatoms. The van der Waals surface area contributed by atoms with Crippen LogP contribution >= 0.6 is 0 Å². The maximum absolute atomic E-state index is 5.95. The molecule has 17 heavy (non-hydrogen) atoms. The maximum atomic E-state index is 5.95. The fourth-order valence-corrected chi connectivity index (χ4v) is 1.56. The average Bonchev–Trinajstić information content (AvgIpc) is 2.89. The Morgan fingerprint density at radius 1 is 1.53 bits per heavy atom. The van der Waals surface area contributed by atoms with Crippen LogP contribution in [-0.4, -0.2) is 25.1 Å². The first-order valence-corrected chi connectivity index (χ1v) is 5.64. The summed E-state index contributed by atoms with van der Waals surface area (Å²) in [5.41, 5.74) is 6.74. The molecule has 0 fully saturated rings. The molecular formula is C10H16N6O. The number of rotatable bonds is 5. The van der Waals surface area contributed by atoms with Crippen molar-refractivity contribution >= 4 is 0 Å². The molecule has 0 aliphatic heterocycles. The molecule has 92 valence electrons. The van der Waals surface area contributed by atoms with Gasteiger partial charge in [0.2, 0.25) is 5.89 Å². The van der Waals surface area contributed by atoms with Crippen LogP contribution < -0.4 is 5.73 Å². The zero-order valence-electron chi connectivity index (χ0n) is 10.00. The number of hydrogen-bond donors (Lipinski definition) is 1. The molecule has 0 spiro atoms. The van der Waals surface area contributed by atoms with Gasteiger partial charge in [-0.05, 0) is 13.3 Å². The molecular weight excluding hydrogens is 220 g/mol. The van der Waals surface area contributed by atoms with Gasteiger partial charge < -0.3 is 10.3 Å². The van der Waals surface area contributed by atoms with E-state index in [1.165, 1.54) is 0 Å². The standard InChI is InChI=1S/C10H16N6O/c1-3-4-8(11)9-5-16(15-13-9)6-10-12-7(2)14-17-10/h5,8H,3-4,6,11H2,1-2H3. The van der Waals surface area contributed by atoms with Crippen LogP contribution in [0.2, 0.25) is 0 Å². The molecule has 7 nitrogen and oxygen atoms in total. The van der Waals surface area contributed by atoms with Crippen LogP contribution in [0.25, 0.3) is 0 Å². The lowest BCUT2D eigenvalue weighted by atomic mass is 10.1. The number of nitrogens with zero attached hydrogens (tertiary/aromatic N) is 5. The molecule has 0 aromatic carbocycles. The van der Waals surface area contributed by atoms with E-state index in [-0.39, 0.29) is 6.04 Å². The Bertz CT molecular complexity index is 477. The summed E-state index contributed by atoms with van der Waals surface area (Å²) in [5.74, 6) is 1.13. The second-order valence-corrected chi connectivity index (χ2v) is 3.97. The van der Waals surface area contributed by atoms with Crippen LogP contribution in [0.3, 0.4) is 0 Å². The summed E-state index contributed by atoms with van der Waals surface area (Å²) in [5, 5.41) is 11.7. The zero-order chi connectivity index (χ0) is 12.3. The molecule has 0 bridgehead atoms. The van der Waals surface area contributed by atoms with E-state index in [9.17, 15) is 0 Å². The Kier molecular flexibility index (Phi) is 3.48. The monoisotopic (exact) mass is 236 g/mol. The van der Waals surface area contributed by atoms with Gasteiger partial charge in [0.1, 0.15) is 6.54 Å². The average molecular weight is 236 g/mol. The lowest BCUT2D eigenvalue weighted by molar-refractivity contribution is 0.361. The molecule has 0 saturated heterocycles. The van der Waals surface area contributed by atoms with Crippen molar-refractivity contribution in [3.8, 4) is 0 Å². The van der Waals surface area contributed by atoms with Crippen molar-refractivity contribution in [3.63, 3.8) is 0 Å². The highest BCUT2D eigenvalue weighted by Gasteiger charge is 2.11. The van der Waals surface area contributed by atoms with E-state index in [1.54, 1.807) is 11.6 Å². The van der Waals surface area contributed by atoms with Crippen molar-refractivity contribution in [2.75, 3.05) is 0 Å². The summed E-state index contributed by atoms with van der Waals surface area (Å²) < 4.78 is 6.66. The lowest BCUT2D eigenvalue weighted by Crippen LogP contribution is -2.10. The predicted octanol–water partition coefficient (Wildman–Crippen LogP) is 0.818. The molecule has 0 aliphatic rings. The molecule has 0 amide bonds. The SMILES string of the molecule is CCCC(N)c1cn(Cc2nc(C)no2)nn1. The molecule has 2 N–H and O–H groups in total. The van der Waals surface area contributed by atoms with E-state index in [0.717, 1.165) is 18.5 Å². The highest BCUT2D eigenvalue weighted by atomic mass is 16.5. The Balaban J connectivity index is 2.03. The first-order valence-electron chi connectivity index (χ1n) is 5.64. The summed E-state index contributed by atoms with van der Waals surface area (Å²) >= 11 is 0. The van der Waals surface area contributed by atoms with Gasteiger partial charge in [-0.25, -0.2) is 4.68 Å². The van der Waals surface area contributed by atoms with Gasteiger partial charge in [0.25, 0.3) is 0 Å². The fraction of sp³-hybridized carbons (Fsp3) is 0.600. The third kappa shape index (κ3) is 2.88. The summed E-state index contributed by atoms with van der Waals surface area (Å²) in [6.45, 7) is 4.29. The van der Waals surface area contributed by atoms with E-state index < -0.39 is 0 Å². The third-order valence-corrected chi connectivity index (χ3v) is 2.40. The number of aromatic nitrogens is 5. The van der Waals surface area contributed by atoms with Crippen molar-refractivity contribution in [2.45, 2.75) is 39.3 Å². The topological polar surface area (TPSA) is 95.7 Å². The lowest BCUT2D eigenvalue weighted by Gasteiger charge is -2.04. The molecule has 1 unspecified atom stereocenters. The first kappa shape index (κ1) is 11.7. The molecule has 0 aliphatic carbocycles. The van der Waals surface area contributed by atoms with Gasteiger partial charge in [-0.1, -0.05) is 23.7 Å². The van der Waals surface area contributed by atoms with Crippen molar-refractivity contribution < 1.29 is 4.52 Å². The van der Waals surface area contributed by atoms with E-state index in [1.807, 2.05) is 6.20 Å². The number of nitrogens with two attached hydrogens (primary N) is 1. The van der Waals surface area contributed by atoms with Crippen molar-refractivity contribution in [1.82, 2.24) is 25.1 Å². The largest absolute Gasteiger partial charge is 0.337 e. The van der Waals surface area contributed by atoms with Crippen LogP contribution in [0, 0.1) is 6.92 Å². The molecule has 0 saturated carbocycles. The van der Waals surface area contributed by atoms with Crippen molar-refractivity contribution in [3.05, 3.63) is 23.6 Å². The van der Waals surface area contributed by atoms with Crippen LogP contribution in [0.4, 0.5) is 0 Å². The van der Waals surface area contributed by atoms with Gasteiger partial charge in [0, 0.05) is 0 Å². The minimum atomic E-state index is -0.0572. The van der Waals surface area contributed by atoms with Gasteiger partial charge in [0.15, 0.2) is 5.82 Å². The smallest absolute Gasteiger partial charge is 0.248 e. The number of hydrogen-bond acceptors (Lipinski definition) is 6. The zero-order valence-corrected chi connectivity index (χ0v) is 10.00. The minimum Gasteiger partial charge on any atom is -0.337 e. The van der Waals surface area contributed by atoms with Crippen LogP contribution in [0.15, 0.2) is 10.7 Å². The van der Waals surface area contributed by atoms with Gasteiger partial charge >= 0.3 is 0 Å². The molecule has 1 atom stereocenters. The van der Waals surface area contributed by atoms with E-state index in [0.29, 0.717) is 18.3 Å². The maximum Gasteiger partial charge on any atom is 0.248 e. The number of aryl methyl sites for hydroxylation is 1. The summed E-state index contributed by atoms with van der Waals surface area (Å²) in [4.78, 5) is 4.10. The molecule has 2 aromatic heterocycles. The van der Waals surface area contributed by atoms with E-state index >= 15 is 0 Å². The second kappa shape index (κ2) is 5.05. The predicted molar refractivity (Wildman–Crippen MR) is 60.0 cm³/mol. The minimum absolute atomic E-state index is 0.0572. The fourth-order valence-electron chi connectivity index (χ4n) is 1.56. The summed E-state index contributed by atoms with van der Waals surface area (Å²) in [7, 11) is 0. The molecule has 2 rings (SSSR count). The van der Waals surface area contributed by atoms with Crippen molar-refractivity contribution in [1.29, 1.82) is 0 Å². The first-order chi connectivity index (χ1) is 8.19. The summed E-state index contributed by atoms with van der Waals surface area (Å²) in [6, 6.07) is -0.0572. The molecule has 2 heterocycles. The quantitative estimate of drug-likeness (QED) is 0.825. The Morgan fingerprint density at radius 3 is 3.00 bits per heavy atom. The Labute approximate surface area is 99.0 Å². The Morgan fingerprint density at radius 2 is 2.35 bits per heavy atom. The second-order valence-electron chi connectivity index (χ2n) is 3.97. The molecule has 0 radical (unpaired) electrons. The van der Waals surface area contributed by atoms with Gasteiger partial charge in [-0.3, -0.25) is 0 Å². The van der Waals surface area contributed by atoms with Crippen LogP contribution in [0.5, 0.6) is 0 Å².